The van der Waals surface area contributed by atoms with Gasteiger partial charge in [-0.3, -0.25) is 9.78 Å². The van der Waals surface area contributed by atoms with E-state index < -0.39 is 8.56 Å². The highest BCUT2D eigenvalue weighted by Gasteiger charge is 2.33. The number of nitrogens with zero attached hydrogens (tertiary/aromatic N) is 1. The number of hydrogen-bond acceptors (Lipinski definition) is 5. The molecule has 1 rings (SSSR count). The molecule has 0 fully saturated rings. The van der Waals surface area contributed by atoms with Crippen LogP contribution in [0.15, 0.2) is 24.4 Å². The Hall–Kier alpha value is -1.24. The first-order valence-corrected chi connectivity index (χ1v) is 8.95. The quantitative estimate of drug-likeness (QED) is 0.538. The van der Waals surface area contributed by atoms with Crippen LogP contribution in [0.25, 0.3) is 0 Å². The first-order chi connectivity index (χ1) is 9.09. The molecule has 6 heteroatoms. The lowest BCUT2D eigenvalue weighted by atomic mass is 10.3. The van der Waals surface area contributed by atoms with Crippen LogP contribution in [0.1, 0.15) is 19.5 Å². The predicted molar refractivity (Wildman–Crippen MR) is 73.8 cm³/mol. The molecule has 1 aromatic heterocycles. The number of ether oxygens (including phenoxy) is 1. The summed E-state index contributed by atoms with van der Waals surface area (Å²) in [6, 6.07) is 5.45. The summed E-state index contributed by atoms with van der Waals surface area (Å²) < 4.78 is 16.4. The molecule has 0 aliphatic carbocycles. The van der Waals surface area contributed by atoms with Crippen molar-refractivity contribution in [2.45, 2.75) is 26.8 Å². The van der Waals surface area contributed by atoms with Gasteiger partial charge >= 0.3 is 14.5 Å². The molecule has 1 heterocycles. The van der Waals surface area contributed by atoms with Crippen LogP contribution < -0.4 is 0 Å². The molecule has 0 atom stereocenters. The Morgan fingerprint density at radius 2 is 1.95 bits per heavy atom. The summed E-state index contributed by atoms with van der Waals surface area (Å²) in [5, 5.41) is 0. The van der Waals surface area contributed by atoms with E-state index in [1.54, 1.807) is 12.3 Å². The van der Waals surface area contributed by atoms with E-state index >= 15 is 0 Å². The molecule has 0 amide bonds. The Labute approximate surface area is 115 Å². The minimum absolute atomic E-state index is 0.170. The van der Waals surface area contributed by atoms with E-state index in [4.69, 9.17) is 13.6 Å². The average Bonchev–Trinajstić information content (AvgIpc) is 2.38. The molecule has 0 bridgehead atoms. The summed E-state index contributed by atoms with van der Waals surface area (Å²) in [6.45, 7) is 6.81. The largest absolute Gasteiger partial charge is 0.463 e. The highest BCUT2D eigenvalue weighted by atomic mass is 28.4. The van der Waals surface area contributed by atoms with Crippen molar-refractivity contribution in [1.82, 2.24) is 4.98 Å². The Balaban J connectivity index is 2.43. The van der Waals surface area contributed by atoms with Crippen LogP contribution in [0.5, 0.6) is 0 Å². The number of carbonyl (C=O) groups excluding carboxylic acids is 1. The first kappa shape index (κ1) is 15.8. The van der Waals surface area contributed by atoms with Crippen LogP contribution in [0.2, 0.25) is 6.55 Å². The second-order valence-corrected chi connectivity index (χ2v) is 7.29. The van der Waals surface area contributed by atoms with E-state index in [0.29, 0.717) is 18.9 Å². The van der Waals surface area contributed by atoms with E-state index in [0.717, 1.165) is 0 Å². The predicted octanol–water partition coefficient (Wildman–Crippen LogP) is 1.85. The van der Waals surface area contributed by atoms with Crippen molar-refractivity contribution < 1.29 is 18.4 Å². The molecule has 0 saturated heterocycles. The summed E-state index contributed by atoms with van der Waals surface area (Å²) >= 11 is 0. The van der Waals surface area contributed by atoms with Crippen LogP contribution in [-0.2, 0) is 24.8 Å². The molecule has 19 heavy (non-hydrogen) atoms. The molecule has 0 aliphatic rings. The maximum atomic E-state index is 11.7. The number of hydrogen-bond donors (Lipinski definition) is 0. The zero-order chi connectivity index (χ0) is 14.1. The second kappa shape index (κ2) is 8.03. The highest BCUT2D eigenvalue weighted by molar-refractivity contribution is 6.66. The van der Waals surface area contributed by atoms with E-state index in [1.165, 1.54) is 0 Å². The van der Waals surface area contributed by atoms with E-state index in [1.807, 2.05) is 32.5 Å². The maximum absolute atomic E-state index is 11.7. The van der Waals surface area contributed by atoms with Gasteiger partial charge in [0.1, 0.15) is 6.23 Å². The van der Waals surface area contributed by atoms with E-state index in [9.17, 15) is 4.79 Å². The lowest BCUT2D eigenvalue weighted by molar-refractivity contribution is -0.142. The Kier molecular flexibility index (Phi) is 6.69. The lowest BCUT2D eigenvalue weighted by Crippen LogP contribution is -2.45. The zero-order valence-corrected chi connectivity index (χ0v) is 12.7. The Bertz CT molecular complexity index is 379. The topological polar surface area (TPSA) is 57.7 Å². The van der Waals surface area contributed by atoms with Crippen molar-refractivity contribution in [3.63, 3.8) is 0 Å². The van der Waals surface area contributed by atoms with E-state index in [-0.39, 0.29) is 18.6 Å². The number of aromatic nitrogens is 1. The third kappa shape index (κ3) is 5.95. The van der Waals surface area contributed by atoms with Gasteiger partial charge in [0.25, 0.3) is 0 Å². The van der Waals surface area contributed by atoms with Gasteiger partial charge in [-0.25, -0.2) is 0 Å². The van der Waals surface area contributed by atoms with Gasteiger partial charge in [0.15, 0.2) is 0 Å². The lowest BCUT2D eigenvalue weighted by Gasteiger charge is -2.25. The summed E-state index contributed by atoms with van der Waals surface area (Å²) in [6.07, 6.45) is 2.03. The molecule has 1 aromatic rings. The van der Waals surface area contributed by atoms with Crippen LogP contribution in [0.3, 0.4) is 0 Å². The van der Waals surface area contributed by atoms with Crippen molar-refractivity contribution in [2.75, 3.05) is 19.4 Å². The third-order valence-electron chi connectivity index (χ3n) is 2.45. The number of carbonyl (C=O) groups is 1. The van der Waals surface area contributed by atoms with Crippen molar-refractivity contribution in [1.29, 1.82) is 0 Å². The van der Waals surface area contributed by atoms with Crippen LogP contribution in [0, 0.1) is 0 Å². The smallest absolute Gasteiger partial charge is 0.373 e. The summed E-state index contributed by atoms with van der Waals surface area (Å²) in [4.78, 5) is 15.8. The average molecular weight is 283 g/mol. The highest BCUT2D eigenvalue weighted by Crippen LogP contribution is 2.08. The molecular formula is C13H21NO4Si. The summed E-state index contributed by atoms with van der Waals surface area (Å²) in [7, 11) is -2.39. The molecular weight excluding hydrogens is 262 g/mol. The van der Waals surface area contributed by atoms with Gasteiger partial charge in [0.2, 0.25) is 0 Å². The van der Waals surface area contributed by atoms with Crippen LogP contribution in [0.4, 0.5) is 0 Å². The molecule has 0 aliphatic heterocycles. The Morgan fingerprint density at radius 1 is 1.26 bits per heavy atom. The van der Waals surface area contributed by atoms with Gasteiger partial charge in [0.05, 0.1) is 12.1 Å². The van der Waals surface area contributed by atoms with Crippen molar-refractivity contribution in [3.05, 3.63) is 30.1 Å². The zero-order valence-electron chi connectivity index (χ0n) is 11.7. The molecule has 0 spiro atoms. The fraction of sp³-hybridized carbons (Fsp3) is 0.538. The Morgan fingerprint density at radius 3 is 2.47 bits per heavy atom. The molecule has 5 nitrogen and oxygen atoms in total. The van der Waals surface area contributed by atoms with Crippen molar-refractivity contribution in [3.8, 4) is 0 Å². The van der Waals surface area contributed by atoms with Gasteiger partial charge in [-0.05, 0) is 32.5 Å². The van der Waals surface area contributed by atoms with Gasteiger partial charge < -0.3 is 13.6 Å². The molecule has 0 unspecified atom stereocenters. The van der Waals surface area contributed by atoms with Gasteiger partial charge in [0, 0.05) is 19.4 Å². The SMILES string of the molecule is CCO[Si](C)(COC(=O)Cc1ccccn1)OCC. The fourth-order valence-electron chi connectivity index (χ4n) is 1.65. The van der Waals surface area contributed by atoms with Gasteiger partial charge in [-0.2, -0.15) is 0 Å². The van der Waals surface area contributed by atoms with Crippen LogP contribution in [-0.4, -0.2) is 39.0 Å². The number of rotatable bonds is 8. The maximum Gasteiger partial charge on any atom is 0.373 e. The van der Waals surface area contributed by atoms with E-state index in [2.05, 4.69) is 4.98 Å². The van der Waals surface area contributed by atoms with Gasteiger partial charge in [-0.15, -0.1) is 0 Å². The minimum Gasteiger partial charge on any atom is -0.463 e. The normalized spacial score (nSPS) is 11.3. The van der Waals surface area contributed by atoms with Crippen molar-refractivity contribution >= 4 is 14.5 Å². The number of pyridine rings is 1. The summed E-state index contributed by atoms with van der Waals surface area (Å²) in [5.41, 5.74) is 0.698. The monoisotopic (exact) mass is 283 g/mol. The molecule has 0 aromatic carbocycles. The standard InChI is InChI=1S/C13H21NO4Si/c1-4-17-19(3,18-5-2)11-16-13(15)10-12-8-6-7-9-14-12/h6-9H,4-5,10-11H2,1-3H3. The molecule has 0 N–H and O–H groups in total. The first-order valence-electron chi connectivity index (χ1n) is 6.43. The third-order valence-corrected chi connectivity index (χ3v) is 4.91. The molecule has 0 saturated carbocycles. The summed E-state index contributed by atoms with van der Waals surface area (Å²) in [5.74, 6) is -0.308. The second-order valence-electron chi connectivity index (χ2n) is 4.16. The van der Waals surface area contributed by atoms with Gasteiger partial charge in [-0.1, -0.05) is 6.07 Å². The fourth-order valence-corrected chi connectivity index (χ4v) is 3.54. The number of esters is 1. The van der Waals surface area contributed by atoms with Crippen LogP contribution >= 0.6 is 0 Å². The minimum atomic E-state index is -2.39. The molecule has 0 radical (unpaired) electrons. The molecule has 106 valence electrons. The van der Waals surface area contributed by atoms with Crippen molar-refractivity contribution in [2.24, 2.45) is 0 Å².